The average molecular weight is 208 g/mol. The van der Waals surface area contributed by atoms with Gasteiger partial charge in [0.1, 0.15) is 0 Å². The SMILES string of the molecule is C=C(C)C(=O)OCCC.F.F.F.F. The molecule has 0 atom stereocenters. The second kappa shape index (κ2) is 17.1. The molecule has 0 saturated carbocycles. The minimum absolute atomic E-state index is 0. The van der Waals surface area contributed by atoms with Crippen molar-refractivity contribution in [2.45, 2.75) is 20.3 Å². The van der Waals surface area contributed by atoms with Gasteiger partial charge in [-0.25, -0.2) is 4.79 Å². The van der Waals surface area contributed by atoms with Crippen molar-refractivity contribution in [3.8, 4) is 0 Å². The van der Waals surface area contributed by atoms with Crippen molar-refractivity contribution in [3.63, 3.8) is 0 Å². The number of hydrogen-bond acceptors (Lipinski definition) is 2. The van der Waals surface area contributed by atoms with E-state index >= 15 is 0 Å². The lowest BCUT2D eigenvalue weighted by atomic mass is 10.4. The molecule has 0 amide bonds. The van der Waals surface area contributed by atoms with E-state index in [1.165, 1.54) is 0 Å². The second-order valence-electron chi connectivity index (χ2n) is 1.92. The summed E-state index contributed by atoms with van der Waals surface area (Å²) in [6, 6.07) is 0. The van der Waals surface area contributed by atoms with Gasteiger partial charge in [-0.2, -0.15) is 0 Å². The standard InChI is InChI=1S/C7H12O2.4FH/c1-4-5-9-7(8)6(2)3;;;;/h2,4-5H2,1,3H3;4*1H. The monoisotopic (exact) mass is 208 g/mol. The minimum atomic E-state index is -0.295. The summed E-state index contributed by atoms with van der Waals surface area (Å²) in [5.74, 6) is -0.295. The van der Waals surface area contributed by atoms with Crippen LogP contribution in [-0.2, 0) is 9.53 Å². The normalized spacial score (nSPS) is 6.00. The summed E-state index contributed by atoms with van der Waals surface area (Å²) in [5.41, 5.74) is 0.462. The van der Waals surface area contributed by atoms with Gasteiger partial charge in [0.05, 0.1) is 6.61 Å². The summed E-state index contributed by atoms with van der Waals surface area (Å²) in [6.45, 7) is 7.51. The molecule has 0 radical (unpaired) electrons. The van der Waals surface area contributed by atoms with E-state index in [9.17, 15) is 4.79 Å². The first-order chi connectivity index (χ1) is 4.18. The number of rotatable bonds is 3. The summed E-state index contributed by atoms with van der Waals surface area (Å²) in [6.07, 6.45) is 0.860. The van der Waals surface area contributed by atoms with Crippen LogP contribution in [0.5, 0.6) is 0 Å². The summed E-state index contributed by atoms with van der Waals surface area (Å²) in [5, 5.41) is 0. The van der Waals surface area contributed by atoms with Crippen LogP contribution in [0, 0.1) is 0 Å². The average Bonchev–Trinajstić information content (AvgIpc) is 1.82. The fraction of sp³-hybridized carbons (Fsp3) is 0.571. The van der Waals surface area contributed by atoms with Crippen molar-refractivity contribution >= 4 is 5.97 Å². The summed E-state index contributed by atoms with van der Waals surface area (Å²) in [4.78, 5) is 10.6. The molecule has 13 heavy (non-hydrogen) atoms. The largest absolute Gasteiger partial charge is 0.462 e. The Labute approximate surface area is 74.4 Å². The van der Waals surface area contributed by atoms with E-state index in [4.69, 9.17) is 4.74 Å². The van der Waals surface area contributed by atoms with Gasteiger partial charge in [0.25, 0.3) is 0 Å². The first kappa shape index (κ1) is 29.7. The van der Waals surface area contributed by atoms with Gasteiger partial charge in [0.2, 0.25) is 0 Å². The van der Waals surface area contributed by atoms with Crippen LogP contribution in [-0.4, -0.2) is 12.6 Å². The Morgan fingerprint density at radius 2 is 1.62 bits per heavy atom. The lowest BCUT2D eigenvalue weighted by molar-refractivity contribution is -0.138. The molecule has 0 aliphatic carbocycles. The quantitative estimate of drug-likeness (QED) is 0.403. The molecule has 0 unspecified atom stereocenters. The van der Waals surface area contributed by atoms with Crippen LogP contribution in [0.15, 0.2) is 12.2 Å². The molecule has 0 heterocycles. The molecule has 0 aliphatic heterocycles. The topological polar surface area (TPSA) is 26.3 Å². The molecule has 2 nitrogen and oxygen atoms in total. The molecule has 84 valence electrons. The van der Waals surface area contributed by atoms with Crippen molar-refractivity contribution in [1.29, 1.82) is 0 Å². The van der Waals surface area contributed by atoms with E-state index < -0.39 is 0 Å². The van der Waals surface area contributed by atoms with Gasteiger partial charge in [-0.1, -0.05) is 13.5 Å². The number of halogens is 4. The van der Waals surface area contributed by atoms with E-state index in [0.29, 0.717) is 12.2 Å². The highest BCUT2D eigenvalue weighted by Crippen LogP contribution is 1.91. The highest BCUT2D eigenvalue weighted by molar-refractivity contribution is 5.86. The third kappa shape index (κ3) is 18.1. The molecule has 6 heteroatoms. The minimum Gasteiger partial charge on any atom is -0.462 e. The van der Waals surface area contributed by atoms with Crippen molar-refractivity contribution in [3.05, 3.63) is 12.2 Å². The number of carbonyl (C=O) groups is 1. The fourth-order valence-corrected chi connectivity index (χ4v) is 0.318. The molecule has 0 spiro atoms. The highest BCUT2D eigenvalue weighted by Gasteiger charge is 1.99. The van der Waals surface area contributed by atoms with Crippen LogP contribution in [0.3, 0.4) is 0 Å². The van der Waals surface area contributed by atoms with Crippen molar-refractivity contribution in [2.24, 2.45) is 0 Å². The zero-order chi connectivity index (χ0) is 7.28. The maximum absolute atomic E-state index is 10.6. The van der Waals surface area contributed by atoms with Crippen molar-refractivity contribution < 1.29 is 28.3 Å². The van der Waals surface area contributed by atoms with Crippen LogP contribution in [0.4, 0.5) is 18.8 Å². The molecule has 0 aromatic heterocycles. The van der Waals surface area contributed by atoms with E-state index in [0.717, 1.165) is 6.42 Å². The van der Waals surface area contributed by atoms with Crippen molar-refractivity contribution in [1.82, 2.24) is 0 Å². The zero-order valence-electron chi connectivity index (χ0n) is 7.57. The summed E-state index contributed by atoms with van der Waals surface area (Å²) >= 11 is 0. The lowest BCUT2D eigenvalue weighted by Crippen LogP contribution is -2.04. The Bertz CT molecular complexity index is 128. The van der Waals surface area contributed by atoms with Crippen LogP contribution < -0.4 is 0 Å². The van der Waals surface area contributed by atoms with Crippen LogP contribution >= 0.6 is 0 Å². The Morgan fingerprint density at radius 3 is 1.85 bits per heavy atom. The molecular formula is C7H16F4O2. The summed E-state index contributed by atoms with van der Waals surface area (Å²) < 4.78 is 4.71. The van der Waals surface area contributed by atoms with Crippen LogP contribution in [0.1, 0.15) is 20.3 Å². The first-order valence-corrected chi connectivity index (χ1v) is 3.01. The second-order valence-corrected chi connectivity index (χ2v) is 1.92. The third-order valence-electron chi connectivity index (χ3n) is 0.786. The van der Waals surface area contributed by atoms with Crippen LogP contribution in [0.25, 0.3) is 0 Å². The van der Waals surface area contributed by atoms with Gasteiger partial charge in [-0.05, 0) is 13.3 Å². The molecule has 0 aromatic rings. The number of carbonyl (C=O) groups excluding carboxylic acids is 1. The predicted molar refractivity (Wildman–Crippen MR) is 46.1 cm³/mol. The maximum atomic E-state index is 10.6. The van der Waals surface area contributed by atoms with Gasteiger partial charge in [0, 0.05) is 5.57 Å². The molecule has 0 aromatic carbocycles. The lowest BCUT2D eigenvalue weighted by Gasteiger charge is -1.99. The fourth-order valence-electron chi connectivity index (χ4n) is 0.318. The molecule has 0 N–H and O–H groups in total. The zero-order valence-corrected chi connectivity index (χ0v) is 7.57. The highest BCUT2D eigenvalue weighted by atomic mass is 19.0. The molecule has 0 bridgehead atoms. The Kier molecular flexibility index (Phi) is 39.1. The van der Waals surface area contributed by atoms with Crippen LogP contribution in [0.2, 0.25) is 0 Å². The van der Waals surface area contributed by atoms with E-state index in [2.05, 4.69) is 6.58 Å². The van der Waals surface area contributed by atoms with Gasteiger partial charge in [-0.15, -0.1) is 0 Å². The third-order valence-corrected chi connectivity index (χ3v) is 0.786. The van der Waals surface area contributed by atoms with Crippen molar-refractivity contribution in [2.75, 3.05) is 6.61 Å². The predicted octanol–water partition coefficient (Wildman–Crippen LogP) is 2.13. The Balaban J connectivity index is -0.0000000533. The molecule has 0 fully saturated rings. The summed E-state index contributed by atoms with van der Waals surface area (Å²) in [7, 11) is 0. The van der Waals surface area contributed by atoms with E-state index in [-0.39, 0.29) is 24.8 Å². The van der Waals surface area contributed by atoms with E-state index in [1.54, 1.807) is 6.92 Å². The Hall–Kier alpha value is -1.07. The van der Waals surface area contributed by atoms with Gasteiger partial charge in [0.15, 0.2) is 0 Å². The Morgan fingerprint density at radius 1 is 1.23 bits per heavy atom. The van der Waals surface area contributed by atoms with Gasteiger partial charge >= 0.3 is 5.97 Å². The number of hydrogen-bond donors (Lipinski definition) is 0. The van der Waals surface area contributed by atoms with Gasteiger partial charge < -0.3 is 4.74 Å². The van der Waals surface area contributed by atoms with Gasteiger partial charge in [-0.3, -0.25) is 18.8 Å². The number of esters is 1. The molecule has 0 rings (SSSR count). The maximum Gasteiger partial charge on any atom is 0.333 e. The van der Waals surface area contributed by atoms with E-state index in [1.807, 2.05) is 6.92 Å². The molecular weight excluding hydrogens is 192 g/mol. The molecule has 0 saturated heterocycles. The molecule has 0 aliphatic rings. The smallest absolute Gasteiger partial charge is 0.333 e. The first-order valence-electron chi connectivity index (χ1n) is 3.01. The number of ether oxygens (including phenoxy) is 1.